The summed E-state index contributed by atoms with van der Waals surface area (Å²) in [5.74, 6) is -1.12. The van der Waals surface area contributed by atoms with Gasteiger partial charge in [0.05, 0.1) is 23.2 Å². The van der Waals surface area contributed by atoms with Gasteiger partial charge in [0.1, 0.15) is 11.4 Å². The van der Waals surface area contributed by atoms with Crippen LogP contribution in [0.1, 0.15) is 35.8 Å². The standard InChI is InChI=1S/C20H22FN3O3/c1-3-27-20(26)15-11-24-12(2)4-5-13-17(24)14(19(15)25)10-16(21)18(13)23-8-6-22-7-9-23/h4-5,10-12,22H,3,6-9H2,1-2H3. The molecule has 1 fully saturated rings. The van der Waals surface area contributed by atoms with Crippen molar-refractivity contribution in [1.82, 2.24) is 9.88 Å². The Hall–Kier alpha value is -2.67. The molecule has 1 saturated heterocycles. The predicted molar refractivity (Wildman–Crippen MR) is 103 cm³/mol. The number of allylic oxidation sites excluding steroid dienone is 1. The fraction of sp³-hybridized carbons (Fsp3) is 0.400. The molecule has 0 spiro atoms. The molecule has 1 atom stereocenters. The molecule has 0 bridgehead atoms. The van der Waals surface area contributed by atoms with Crippen LogP contribution in [0.3, 0.4) is 0 Å². The van der Waals surface area contributed by atoms with Gasteiger partial charge in [0, 0.05) is 44.0 Å². The average Bonchev–Trinajstić information content (AvgIpc) is 2.66. The number of rotatable bonds is 3. The summed E-state index contributed by atoms with van der Waals surface area (Å²) in [5.41, 5.74) is 1.32. The van der Waals surface area contributed by atoms with Crippen LogP contribution in [0.4, 0.5) is 10.1 Å². The Bertz CT molecular complexity index is 1010. The normalized spacial score (nSPS) is 18.8. The van der Waals surface area contributed by atoms with Crippen molar-refractivity contribution >= 4 is 28.6 Å². The van der Waals surface area contributed by atoms with E-state index in [-0.39, 0.29) is 23.6 Å². The molecular formula is C20H22FN3O3. The number of anilines is 1. The zero-order chi connectivity index (χ0) is 19.1. The molecule has 0 radical (unpaired) electrons. The van der Waals surface area contributed by atoms with Crippen molar-refractivity contribution in [3.63, 3.8) is 0 Å². The van der Waals surface area contributed by atoms with Crippen LogP contribution in [0.5, 0.6) is 0 Å². The molecule has 2 aliphatic rings. The van der Waals surface area contributed by atoms with Gasteiger partial charge in [-0.3, -0.25) is 4.79 Å². The van der Waals surface area contributed by atoms with Gasteiger partial charge in [-0.15, -0.1) is 0 Å². The van der Waals surface area contributed by atoms with Gasteiger partial charge in [0.15, 0.2) is 0 Å². The SMILES string of the molecule is CCOC(=O)c1cn2c3c(c(N4CCNCC4)c(F)cc3c1=O)C=CC2C. The van der Waals surface area contributed by atoms with Crippen molar-refractivity contribution < 1.29 is 13.9 Å². The zero-order valence-corrected chi connectivity index (χ0v) is 15.4. The number of nitrogens with one attached hydrogen (secondary N) is 1. The van der Waals surface area contributed by atoms with E-state index in [1.54, 1.807) is 13.1 Å². The topological polar surface area (TPSA) is 63.6 Å². The molecule has 2 aromatic rings. The third kappa shape index (κ3) is 2.82. The molecule has 0 saturated carbocycles. The third-order valence-corrected chi connectivity index (χ3v) is 5.19. The molecule has 142 valence electrons. The summed E-state index contributed by atoms with van der Waals surface area (Å²) in [6.07, 6.45) is 5.38. The molecule has 1 N–H and O–H groups in total. The van der Waals surface area contributed by atoms with E-state index in [4.69, 9.17) is 4.74 Å². The van der Waals surface area contributed by atoms with Crippen LogP contribution in [0, 0.1) is 5.82 Å². The van der Waals surface area contributed by atoms with E-state index in [1.165, 1.54) is 6.07 Å². The van der Waals surface area contributed by atoms with Crippen LogP contribution in [0.25, 0.3) is 17.0 Å². The summed E-state index contributed by atoms with van der Waals surface area (Å²) in [5, 5.41) is 3.47. The minimum Gasteiger partial charge on any atom is -0.462 e. The van der Waals surface area contributed by atoms with Gasteiger partial charge >= 0.3 is 5.97 Å². The van der Waals surface area contributed by atoms with Crippen LogP contribution in [0.15, 0.2) is 23.1 Å². The number of aromatic nitrogens is 1. The highest BCUT2D eigenvalue weighted by Gasteiger charge is 2.27. The van der Waals surface area contributed by atoms with E-state index < -0.39 is 17.2 Å². The lowest BCUT2D eigenvalue weighted by atomic mass is 9.98. The van der Waals surface area contributed by atoms with Gasteiger partial charge < -0.3 is 19.5 Å². The molecule has 0 aliphatic carbocycles. The molecule has 0 amide bonds. The zero-order valence-electron chi connectivity index (χ0n) is 15.4. The maximum atomic E-state index is 15.1. The van der Waals surface area contributed by atoms with E-state index >= 15 is 4.39 Å². The molecule has 1 unspecified atom stereocenters. The Morgan fingerprint density at radius 1 is 1.37 bits per heavy atom. The molecule has 4 rings (SSSR count). The van der Waals surface area contributed by atoms with Crippen molar-refractivity contribution in [2.45, 2.75) is 19.9 Å². The Morgan fingerprint density at radius 2 is 2.11 bits per heavy atom. The highest BCUT2D eigenvalue weighted by atomic mass is 19.1. The predicted octanol–water partition coefficient (Wildman–Crippen LogP) is 2.31. The van der Waals surface area contributed by atoms with Gasteiger partial charge in [0.2, 0.25) is 5.43 Å². The number of nitrogens with zero attached hydrogens (tertiary/aromatic N) is 2. The summed E-state index contributed by atoms with van der Waals surface area (Å²) in [7, 11) is 0. The largest absolute Gasteiger partial charge is 0.462 e. The van der Waals surface area contributed by atoms with E-state index in [1.807, 2.05) is 28.5 Å². The minimum absolute atomic E-state index is 0.0601. The number of esters is 1. The van der Waals surface area contributed by atoms with E-state index in [0.717, 1.165) is 13.1 Å². The van der Waals surface area contributed by atoms with Crippen molar-refractivity contribution in [2.24, 2.45) is 0 Å². The number of ether oxygens (including phenoxy) is 1. The van der Waals surface area contributed by atoms with Gasteiger partial charge in [-0.05, 0) is 19.9 Å². The maximum Gasteiger partial charge on any atom is 0.343 e. The summed E-state index contributed by atoms with van der Waals surface area (Å²) in [6.45, 7) is 6.79. The second-order valence-electron chi connectivity index (χ2n) is 6.85. The summed E-state index contributed by atoms with van der Waals surface area (Å²) in [4.78, 5) is 27.1. The first kappa shape index (κ1) is 17.7. The Morgan fingerprint density at radius 3 is 2.81 bits per heavy atom. The number of carbonyl (C=O) groups excluding carboxylic acids is 1. The average molecular weight is 371 g/mol. The fourth-order valence-electron chi connectivity index (χ4n) is 3.88. The summed E-state index contributed by atoms with van der Waals surface area (Å²) in [6, 6.07) is 1.21. The lowest BCUT2D eigenvalue weighted by Crippen LogP contribution is -2.44. The molecule has 27 heavy (non-hydrogen) atoms. The smallest absolute Gasteiger partial charge is 0.343 e. The van der Waals surface area contributed by atoms with Gasteiger partial charge in [0.25, 0.3) is 0 Å². The van der Waals surface area contributed by atoms with Crippen molar-refractivity contribution in [2.75, 3.05) is 37.7 Å². The number of carbonyl (C=O) groups is 1. The Balaban J connectivity index is 2.01. The van der Waals surface area contributed by atoms with Crippen LogP contribution in [0.2, 0.25) is 0 Å². The third-order valence-electron chi connectivity index (χ3n) is 5.19. The molecular weight excluding hydrogens is 349 g/mol. The highest BCUT2D eigenvalue weighted by Crippen LogP contribution is 2.37. The number of benzene rings is 1. The van der Waals surface area contributed by atoms with Crippen LogP contribution in [-0.4, -0.2) is 43.3 Å². The van der Waals surface area contributed by atoms with E-state index in [2.05, 4.69) is 5.32 Å². The number of pyridine rings is 1. The molecule has 2 aliphatic heterocycles. The number of piperazine rings is 1. The Kier molecular flexibility index (Phi) is 4.47. The number of halogens is 1. The monoisotopic (exact) mass is 371 g/mol. The minimum atomic E-state index is -0.678. The van der Waals surface area contributed by atoms with Crippen molar-refractivity contribution in [3.05, 3.63) is 45.5 Å². The second kappa shape index (κ2) is 6.81. The number of hydrogen-bond acceptors (Lipinski definition) is 5. The number of hydrogen-bond donors (Lipinski definition) is 1. The summed E-state index contributed by atoms with van der Waals surface area (Å²) >= 11 is 0. The summed E-state index contributed by atoms with van der Waals surface area (Å²) < 4.78 is 22.0. The van der Waals surface area contributed by atoms with Crippen molar-refractivity contribution in [1.29, 1.82) is 0 Å². The first-order valence-electron chi connectivity index (χ1n) is 9.25. The maximum absolute atomic E-state index is 15.1. The highest BCUT2D eigenvalue weighted by molar-refractivity contribution is 5.99. The first-order chi connectivity index (χ1) is 13.0. The molecule has 1 aromatic heterocycles. The quantitative estimate of drug-likeness (QED) is 0.839. The fourth-order valence-corrected chi connectivity index (χ4v) is 3.88. The molecule has 7 heteroatoms. The van der Waals surface area contributed by atoms with Gasteiger partial charge in [-0.2, -0.15) is 0 Å². The van der Waals surface area contributed by atoms with E-state index in [9.17, 15) is 9.59 Å². The Labute approximate surface area is 156 Å². The van der Waals surface area contributed by atoms with Gasteiger partial charge in [-0.1, -0.05) is 12.2 Å². The van der Waals surface area contributed by atoms with Crippen LogP contribution in [-0.2, 0) is 4.74 Å². The van der Waals surface area contributed by atoms with Crippen LogP contribution < -0.4 is 15.6 Å². The van der Waals surface area contributed by atoms with Crippen LogP contribution >= 0.6 is 0 Å². The van der Waals surface area contributed by atoms with E-state index in [0.29, 0.717) is 29.9 Å². The first-order valence-corrected chi connectivity index (χ1v) is 9.25. The molecule has 3 heterocycles. The molecule has 6 nitrogen and oxygen atoms in total. The van der Waals surface area contributed by atoms with Gasteiger partial charge in [-0.25, -0.2) is 9.18 Å². The molecule has 1 aromatic carbocycles. The van der Waals surface area contributed by atoms with Crippen molar-refractivity contribution in [3.8, 4) is 0 Å². The second-order valence-corrected chi connectivity index (χ2v) is 6.85. The lowest BCUT2D eigenvalue weighted by molar-refractivity contribution is 0.0524. The lowest BCUT2D eigenvalue weighted by Gasteiger charge is -2.33.